The van der Waals surface area contributed by atoms with Crippen molar-refractivity contribution in [2.75, 3.05) is 0 Å². The second-order valence-corrected chi connectivity index (χ2v) is 12.5. The number of fused-ring (bicyclic) bond motifs is 7. The zero-order chi connectivity index (χ0) is 32.1. The molecular weight excluding hydrogens is 765 g/mol. The fourth-order valence-corrected chi connectivity index (χ4v) is 6.68. The number of para-hydroxylation sites is 4. The number of aryl methyl sites for hydroxylation is 4. The fraction of sp³-hybridized carbons (Fsp3) is 0.163. The molecule has 0 bridgehead atoms. The van der Waals surface area contributed by atoms with Gasteiger partial charge >= 0.3 is 20.1 Å². The molecule has 0 aliphatic heterocycles. The summed E-state index contributed by atoms with van der Waals surface area (Å²) in [6.45, 7) is 9.45. The van der Waals surface area contributed by atoms with Gasteiger partial charge in [0.25, 0.3) is 0 Å². The van der Waals surface area contributed by atoms with Crippen molar-refractivity contribution in [3.05, 3.63) is 144 Å². The van der Waals surface area contributed by atoms with Gasteiger partial charge < -0.3 is 18.5 Å². The molecule has 0 spiro atoms. The smallest absolute Gasteiger partial charge is 0.358 e. The molecule has 0 aliphatic carbocycles. The topological polar surface area (TPSA) is 26.1 Å². The minimum atomic E-state index is 0. The van der Waals surface area contributed by atoms with Gasteiger partial charge in [-0.25, -0.2) is 0 Å². The first-order valence-corrected chi connectivity index (χ1v) is 16.5. The minimum Gasteiger partial charge on any atom is -0.358 e. The van der Waals surface area contributed by atoms with Crippen LogP contribution in [0.15, 0.2) is 109 Å². The number of rotatable bonds is 5. The Bertz CT molecular complexity index is 2540. The second-order valence-electron chi connectivity index (χ2n) is 12.5. The van der Waals surface area contributed by atoms with Crippen molar-refractivity contribution < 1.29 is 24.7 Å². The zero-order valence-electron chi connectivity index (χ0n) is 27.6. The van der Waals surface area contributed by atoms with Gasteiger partial charge in [-0.2, -0.15) is 0 Å². The van der Waals surface area contributed by atoms with Crippen LogP contribution in [0.3, 0.4) is 0 Å². The quantitative estimate of drug-likeness (QED) is 0.126. The Morgan fingerprint density at radius 1 is 0.750 bits per heavy atom. The van der Waals surface area contributed by atoms with Crippen molar-refractivity contribution in [2.24, 2.45) is 0 Å². The molecule has 0 unspecified atom stereocenters. The van der Waals surface area contributed by atoms with E-state index in [1.165, 1.54) is 72.2 Å². The number of imidazole rings is 1. The molecule has 48 heavy (non-hydrogen) atoms. The van der Waals surface area contributed by atoms with Crippen molar-refractivity contribution in [3.63, 3.8) is 0 Å². The first-order chi connectivity index (χ1) is 23.0. The number of hydrogen-bond donors (Lipinski definition) is 0. The van der Waals surface area contributed by atoms with Crippen LogP contribution in [0.4, 0.5) is 0 Å². The van der Waals surface area contributed by atoms with Crippen LogP contribution >= 0.6 is 0 Å². The summed E-state index contributed by atoms with van der Waals surface area (Å²) in [4.78, 5) is 4.41. The maximum atomic E-state index is 4.41. The number of hydrogen-bond acceptors (Lipinski definition) is 1. The number of nitrogens with zero attached hydrogens (tertiary/aromatic N) is 4. The van der Waals surface area contributed by atoms with Crippen LogP contribution < -0.4 is 4.57 Å². The molecule has 0 atom stereocenters. The summed E-state index contributed by atoms with van der Waals surface area (Å²) in [5, 5.41) is 5.03. The fourth-order valence-electron chi connectivity index (χ4n) is 6.68. The van der Waals surface area contributed by atoms with E-state index in [1.54, 1.807) is 0 Å². The van der Waals surface area contributed by atoms with Crippen LogP contribution in [0.25, 0.3) is 66.1 Å². The zero-order valence-corrected chi connectivity index (χ0v) is 30.0. The summed E-state index contributed by atoms with van der Waals surface area (Å²) in [6, 6.07) is 43.5. The third kappa shape index (κ3) is 5.38. The van der Waals surface area contributed by atoms with Gasteiger partial charge in [0.1, 0.15) is 0 Å². The molecule has 4 nitrogen and oxygen atoms in total. The molecule has 0 saturated carbocycles. The molecule has 0 aliphatic rings. The minimum absolute atomic E-state index is 0. The van der Waals surface area contributed by atoms with Crippen molar-refractivity contribution >= 4 is 49.1 Å². The largest absolute Gasteiger partial charge is 3.00 e. The Kier molecular flexibility index (Phi) is 8.59. The van der Waals surface area contributed by atoms with Crippen molar-refractivity contribution in [3.8, 4) is 16.9 Å². The Morgan fingerprint density at radius 2 is 1.52 bits per heavy atom. The number of aromatic nitrogens is 4. The van der Waals surface area contributed by atoms with Crippen molar-refractivity contribution in [1.82, 2.24) is 14.0 Å². The molecule has 5 heteroatoms. The Labute approximate surface area is 295 Å². The second kappa shape index (κ2) is 13.0. The van der Waals surface area contributed by atoms with E-state index in [0.717, 1.165) is 29.9 Å². The molecule has 0 saturated heterocycles. The summed E-state index contributed by atoms with van der Waals surface area (Å²) in [6.07, 6.45) is 7.83. The van der Waals surface area contributed by atoms with Gasteiger partial charge in [0.2, 0.25) is 6.33 Å². The average molecular weight is 801 g/mol. The molecule has 0 N–H and O–H groups in total. The van der Waals surface area contributed by atoms with E-state index < -0.39 is 0 Å². The van der Waals surface area contributed by atoms with Crippen LogP contribution in [-0.4, -0.2) is 14.0 Å². The normalized spacial score (nSPS) is 11.4. The van der Waals surface area contributed by atoms with Crippen LogP contribution in [0, 0.1) is 39.2 Å². The van der Waals surface area contributed by atoms with Gasteiger partial charge in [0.05, 0.1) is 17.6 Å². The van der Waals surface area contributed by atoms with Crippen molar-refractivity contribution in [2.45, 2.75) is 47.1 Å². The number of unbranched alkanes of at least 4 members (excludes halogenated alkanes) is 1. The summed E-state index contributed by atoms with van der Waals surface area (Å²) in [5.41, 5.74) is 12.9. The SMILES string of the molecule is CCCC[n+]1[c-]n(-c2[c-]c3c4cccc5c6ccccc6n(c3cc2)c45)c2ccccc21.Cc1c[c-]c(-c2cc(C)c(C)cn2)cc1.[Ir+3]. The molecule has 5 aromatic carbocycles. The van der Waals surface area contributed by atoms with Gasteiger partial charge in [0, 0.05) is 22.6 Å². The predicted octanol–water partition coefficient (Wildman–Crippen LogP) is 9.94. The van der Waals surface area contributed by atoms with E-state index in [4.69, 9.17) is 0 Å². The first kappa shape index (κ1) is 31.8. The molecule has 236 valence electrons. The summed E-state index contributed by atoms with van der Waals surface area (Å²) in [5.74, 6) is 0. The Hall–Kier alpha value is -4.83. The number of benzene rings is 5. The Morgan fingerprint density at radius 3 is 2.31 bits per heavy atom. The van der Waals surface area contributed by atoms with Crippen molar-refractivity contribution in [1.29, 1.82) is 0 Å². The van der Waals surface area contributed by atoms with Gasteiger partial charge in [-0.15, -0.1) is 59.0 Å². The predicted molar refractivity (Wildman–Crippen MR) is 193 cm³/mol. The number of pyridine rings is 1. The summed E-state index contributed by atoms with van der Waals surface area (Å²) >= 11 is 0. The molecule has 0 amide bonds. The van der Waals surface area contributed by atoms with Crippen LogP contribution in [0.1, 0.15) is 36.5 Å². The van der Waals surface area contributed by atoms with Crippen LogP contribution in [0.2, 0.25) is 0 Å². The third-order valence-corrected chi connectivity index (χ3v) is 9.34. The molecule has 4 aromatic heterocycles. The molecule has 0 fully saturated rings. The van der Waals surface area contributed by atoms with E-state index in [0.29, 0.717) is 0 Å². The van der Waals surface area contributed by atoms with E-state index in [9.17, 15) is 0 Å². The first-order valence-electron chi connectivity index (χ1n) is 16.5. The van der Waals surface area contributed by atoms with Crippen LogP contribution in [0.5, 0.6) is 0 Å². The van der Waals surface area contributed by atoms with Gasteiger partial charge in [-0.05, 0) is 54.2 Å². The van der Waals surface area contributed by atoms with Gasteiger partial charge in [-0.3, -0.25) is 0 Å². The molecule has 4 heterocycles. The van der Waals surface area contributed by atoms with Gasteiger partial charge in [-0.1, -0.05) is 97.9 Å². The molecular formula is C43H36IrN4+. The van der Waals surface area contributed by atoms with E-state index >= 15 is 0 Å². The Balaban J connectivity index is 0.000000193. The average Bonchev–Trinajstić information content (AvgIpc) is 3.76. The van der Waals surface area contributed by atoms with Crippen LogP contribution in [-0.2, 0) is 26.7 Å². The maximum absolute atomic E-state index is 4.41. The summed E-state index contributed by atoms with van der Waals surface area (Å²) < 4.78 is 6.81. The van der Waals surface area contributed by atoms with E-state index in [1.807, 2.05) is 12.3 Å². The van der Waals surface area contributed by atoms with Gasteiger partial charge in [0.15, 0.2) is 0 Å². The molecule has 0 radical (unpaired) electrons. The molecule has 9 aromatic rings. The monoisotopic (exact) mass is 801 g/mol. The summed E-state index contributed by atoms with van der Waals surface area (Å²) in [7, 11) is 0. The third-order valence-electron chi connectivity index (χ3n) is 9.34. The molecule has 9 rings (SSSR count). The standard InChI is InChI=1S/C29H22N3.C14H14N.Ir/c1-2-3-17-30-19-31(28-14-7-6-13-27(28)30)20-15-16-26-24(18-20)23-11-8-10-22-21-9-4-5-12-25(21)32(26)29(22)23;1-10-4-6-13(7-5-10)14-8-11(2)12(3)9-15-14;/h4-16H,2-3,17H2,1H3;4-6,8-9H,1-3H3;/q2*-1;+3. The maximum Gasteiger partial charge on any atom is 3.00 e. The van der Waals surface area contributed by atoms with E-state index in [2.05, 4.69) is 162 Å². The van der Waals surface area contributed by atoms with E-state index in [-0.39, 0.29) is 20.1 Å².